The second-order valence-electron chi connectivity index (χ2n) is 6.12. The molecule has 1 saturated carbocycles. The Morgan fingerprint density at radius 1 is 1.30 bits per heavy atom. The number of likely N-dealkylation sites (N-methyl/N-ethyl adjacent to an activating group) is 1. The van der Waals surface area contributed by atoms with Gasteiger partial charge in [0.25, 0.3) is 0 Å². The lowest BCUT2D eigenvalue weighted by Gasteiger charge is -2.46. The maximum Gasteiger partial charge on any atom is 0.177 e. The highest BCUT2D eigenvalue weighted by molar-refractivity contribution is 5.47. The Morgan fingerprint density at radius 3 is 2.90 bits per heavy atom. The first-order valence-corrected chi connectivity index (χ1v) is 7.42. The number of fused-ring (bicyclic) bond motifs is 1. The Labute approximate surface area is 118 Å². The van der Waals surface area contributed by atoms with E-state index in [-0.39, 0.29) is 0 Å². The molecule has 20 heavy (non-hydrogen) atoms. The summed E-state index contributed by atoms with van der Waals surface area (Å²) in [5.74, 6) is 1.96. The van der Waals surface area contributed by atoms with Crippen molar-refractivity contribution >= 4 is 11.5 Å². The van der Waals surface area contributed by atoms with Crippen molar-refractivity contribution in [3.8, 4) is 0 Å². The number of hydrogen-bond acceptors (Lipinski definition) is 5. The van der Waals surface area contributed by atoms with Crippen LogP contribution in [0.5, 0.6) is 0 Å². The van der Waals surface area contributed by atoms with Gasteiger partial charge >= 0.3 is 0 Å². The van der Waals surface area contributed by atoms with E-state index in [0.29, 0.717) is 6.04 Å². The maximum absolute atomic E-state index is 4.54. The minimum atomic E-state index is 0.675. The van der Waals surface area contributed by atoms with Crippen LogP contribution in [-0.2, 0) is 0 Å². The van der Waals surface area contributed by atoms with Crippen molar-refractivity contribution < 1.29 is 0 Å². The lowest BCUT2D eigenvalue weighted by Crippen LogP contribution is -2.59. The van der Waals surface area contributed by atoms with Crippen LogP contribution in [0.1, 0.15) is 19.3 Å². The summed E-state index contributed by atoms with van der Waals surface area (Å²) >= 11 is 0. The molecule has 0 aromatic carbocycles. The SMILES string of the molecule is CN(CC1CCC1)C1CN(c2ccc3nncn3n2)C1. The third kappa shape index (κ3) is 2.04. The van der Waals surface area contributed by atoms with Gasteiger partial charge in [0.1, 0.15) is 12.1 Å². The summed E-state index contributed by atoms with van der Waals surface area (Å²) in [6.07, 6.45) is 5.93. The highest BCUT2D eigenvalue weighted by atomic mass is 15.4. The summed E-state index contributed by atoms with van der Waals surface area (Å²) in [6, 6.07) is 4.68. The summed E-state index contributed by atoms with van der Waals surface area (Å²) in [4.78, 5) is 4.85. The van der Waals surface area contributed by atoms with Crippen LogP contribution in [0, 0.1) is 5.92 Å². The fourth-order valence-corrected chi connectivity index (χ4v) is 3.04. The lowest BCUT2D eigenvalue weighted by molar-refractivity contribution is 0.142. The van der Waals surface area contributed by atoms with Gasteiger partial charge in [-0.15, -0.1) is 15.3 Å². The van der Waals surface area contributed by atoms with E-state index in [1.807, 2.05) is 12.1 Å². The van der Waals surface area contributed by atoms with Crippen LogP contribution in [0.25, 0.3) is 5.65 Å². The van der Waals surface area contributed by atoms with E-state index in [4.69, 9.17) is 0 Å². The zero-order valence-electron chi connectivity index (χ0n) is 11.8. The molecule has 0 spiro atoms. The maximum atomic E-state index is 4.54. The van der Waals surface area contributed by atoms with Crippen molar-refractivity contribution in [3.63, 3.8) is 0 Å². The molecule has 0 N–H and O–H groups in total. The van der Waals surface area contributed by atoms with Gasteiger partial charge in [-0.3, -0.25) is 4.90 Å². The predicted octanol–water partition coefficient (Wildman–Crippen LogP) is 1.04. The zero-order chi connectivity index (χ0) is 13.5. The van der Waals surface area contributed by atoms with Crippen LogP contribution in [-0.4, -0.2) is 57.4 Å². The van der Waals surface area contributed by atoms with E-state index < -0.39 is 0 Å². The Morgan fingerprint density at radius 2 is 2.15 bits per heavy atom. The van der Waals surface area contributed by atoms with Crippen LogP contribution < -0.4 is 4.90 Å². The molecular weight excluding hydrogens is 252 g/mol. The normalized spacial score (nSPS) is 20.4. The highest BCUT2D eigenvalue weighted by Crippen LogP contribution is 2.29. The molecule has 2 fully saturated rings. The first-order valence-electron chi connectivity index (χ1n) is 7.42. The van der Waals surface area contributed by atoms with Crippen LogP contribution in [0.2, 0.25) is 0 Å². The predicted molar refractivity (Wildman–Crippen MR) is 76.8 cm³/mol. The largest absolute Gasteiger partial charge is 0.352 e. The van der Waals surface area contributed by atoms with Gasteiger partial charge in [0.15, 0.2) is 5.65 Å². The molecular formula is C14H20N6. The molecule has 0 bridgehead atoms. The molecule has 1 aliphatic heterocycles. The Balaban J connectivity index is 1.37. The number of rotatable bonds is 4. The smallest absolute Gasteiger partial charge is 0.177 e. The van der Waals surface area contributed by atoms with Gasteiger partial charge in [-0.2, -0.15) is 4.52 Å². The van der Waals surface area contributed by atoms with Gasteiger partial charge in [0.05, 0.1) is 0 Å². The molecule has 3 heterocycles. The second kappa shape index (κ2) is 4.70. The molecule has 1 saturated heterocycles. The standard InChI is InChI=1S/C14H20N6/c1-18(7-11-3-2-4-11)12-8-19(9-12)14-6-5-13-16-15-10-20(13)17-14/h5-6,10-12H,2-4,7-9H2,1H3. The molecule has 106 valence electrons. The average molecular weight is 272 g/mol. The molecule has 0 amide bonds. The summed E-state index contributed by atoms with van der Waals surface area (Å²) in [5.41, 5.74) is 0.799. The van der Waals surface area contributed by atoms with Crippen LogP contribution >= 0.6 is 0 Å². The van der Waals surface area contributed by atoms with Gasteiger partial charge < -0.3 is 4.90 Å². The summed E-state index contributed by atoms with van der Waals surface area (Å²) in [7, 11) is 2.26. The molecule has 0 radical (unpaired) electrons. The van der Waals surface area contributed by atoms with E-state index in [2.05, 4.69) is 32.1 Å². The zero-order valence-corrected chi connectivity index (χ0v) is 11.8. The van der Waals surface area contributed by atoms with Gasteiger partial charge in [0.2, 0.25) is 0 Å². The average Bonchev–Trinajstić information content (AvgIpc) is 2.79. The summed E-state index contributed by atoms with van der Waals surface area (Å²) in [6.45, 7) is 3.41. The van der Waals surface area contributed by atoms with Crippen LogP contribution in [0.4, 0.5) is 5.82 Å². The van der Waals surface area contributed by atoms with Crippen molar-refractivity contribution in [2.75, 3.05) is 31.6 Å². The number of anilines is 1. The van der Waals surface area contributed by atoms with E-state index in [0.717, 1.165) is 30.5 Å². The van der Waals surface area contributed by atoms with E-state index in [9.17, 15) is 0 Å². The minimum Gasteiger partial charge on any atom is -0.352 e. The first-order chi connectivity index (χ1) is 9.79. The van der Waals surface area contributed by atoms with Crippen molar-refractivity contribution in [1.29, 1.82) is 0 Å². The summed E-state index contributed by atoms with van der Waals surface area (Å²) in [5, 5.41) is 12.4. The van der Waals surface area contributed by atoms with E-state index in [1.54, 1.807) is 10.8 Å². The van der Waals surface area contributed by atoms with Crippen LogP contribution in [0.3, 0.4) is 0 Å². The fraction of sp³-hybridized carbons (Fsp3) is 0.643. The quantitative estimate of drug-likeness (QED) is 0.832. The number of hydrogen-bond donors (Lipinski definition) is 0. The van der Waals surface area contributed by atoms with Gasteiger partial charge in [0, 0.05) is 25.7 Å². The van der Waals surface area contributed by atoms with Gasteiger partial charge in [-0.25, -0.2) is 0 Å². The van der Waals surface area contributed by atoms with Gasteiger partial charge in [-0.1, -0.05) is 6.42 Å². The molecule has 6 heteroatoms. The molecule has 1 aliphatic carbocycles. The summed E-state index contributed by atoms with van der Waals surface area (Å²) < 4.78 is 1.74. The third-order valence-electron chi connectivity index (χ3n) is 4.73. The monoisotopic (exact) mass is 272 g/mol. The van der Waals surface area contributed by atoms with E-state index >= 15 is 0 Å². The lowest BCUT2D eigenvalue weighted by atomic mass is 9.84. The van der Waals surface area contributed by atoms with Crippen molar-refractivity contribution in [2.45, 2.75) is 25.3 Å². The molecule has 4 rings (SSSR count). The Kier molecular flexibility index (Phi) is 2.84. The van der Waals surface area contributed by atoms with Crippen molar-refractivity contribution in [2.24, 2.45) is 5.92 Å². The number of nitrogens with zero attached hydrogens (tertiary/aromatic N) is 6. The third-order valence-corrected chi connectivity index (χ3v) is 4.73. The Hall–Kier alpha value is -1.69. The first kappa shape index (κ1) is 12.1. The molecule has 2 aliphatic rings. The molecule has 6 nitrogen and oxygen atoms in total. The fourth-order valence-electron chi connectivity index (χ4n) is 3.04. The van der Waals surface area contributed by atoms with E-state index in [1.165, 1.54) is 25.8 Å². The highest BCUT2D eigenvalue weighted by Gasteiger charge is 2.32. The van der Waals surface area contributed by atoms with Gasteiger partial charge in [-0.05, 0) is 37.9 Å². The number of aromatic nitrogens is 4. The molecule has 2 aromatic rings. The molecule has 2 aromatic heterocycles. The topological polar surface area (TPSA) is 49.6 Å². The second-order valence-corrected chi connectivity index (χ2v) is 6.12. The Bertz CT molecular complexity index is 598. The molecule has 0 unspecified atom stereocenters. The van der Waals surface area contributed by atoms with Crippen molar-refractivity contribution in [1.82, 2.24) is 24.7 Å². The van der Waals surface area contributed by atoms with Crippen LogP contribution in [0.15, 0.2) is 18.5 Å². The molecule has 0 atom stereocenters. The minimum absolute atomic E-state index is 0.675. The van der Waals surface area contributed by atoms with Crippen molar-refractivity contribution in [3.05, 3.63) is 18.5 Å².